The molecule has 1 rings (SSSR count). The van der Waals surface area contributed by atoms with Gasteiger partial charge >= 0.3 is 0 Å². The van der Waals surface area contributed by atoms with E-state index in [2.05, 4.69) is 18.3 Å². The zero-order valence-corrected chi connectivity index (χ0v) is 11.5. The van der Waals surface area contributed by atoms with Gasteiger partial charge in [0, 0.05) is 5.02 Å². The van der Waals surface area contributed by atoms with Crippen molar-refractivity contribution in [3.63, 3.8) is 0 Å². The molecule has 17 heavy (non-hydrogen) atoms. The van der Waals surface area contributed by atoms with Gasteiger partial charge in [-0.05, 0) is 63.4 Å². The van der Waals surface area contributed by atoms with Crippen molar-refractivity contribution in [2.75, 3.05) is 7.05 Å². The molecule has 0 spiro atoms. The molecule has 0 bridgehead atoms. The van der Waals surface area contributed by atoms with Crippen LogP contribution in [0.5, 0.6) is 0 Å². The van der Waals surface area contributed by atoms with E-state index in [4.69, 9.17) is 11.6 Å². The molecule has 0 amide bonds. The van der Waals surface area contributed by atoms with E-state index in [1.807, 2.05) is 19.2 Å². The molecule has 1 aromatic rings. The number of hydrogen-bond acceptors (Lipinski definition) is 2. The predicted molar refractivity (Wildman–Crippen MR) is 72.7 cm³/mol. The van der Waals surface area contributed by atoms with Crippen LogP contribution in [0.1, 0.15) is 30.9 Å². The van der Waals surface area contributed by atoms with Gasteiger partial charge in [-0.2, -0.15) is 0 Å². The lowest BCUT2D eigenvalue weighted by Gasteiger charge is -2.13. The van der Waals surface area contributed by atoms with Gasteiger partial charge in [0.25, 0.3) is 0 Å². The summed E-state index contributed by atoms with van der Waals surface area (Å²) in [5.74, 6) is 0.209. The Bertz CT molecular complexity index is 390. The molecule has 0 saturated heterocycles. The monoisotopic (exact) mass is 253 g/mol. The van der Waals surface area contributed by atoms with Crippen LogP contribution in [-0.2, 0) is 11.2 Å². The van der Waals surface area contributed by atoms with Gasteiger partial charge in [0.15, 0.2) is 0 Å². The van der Waals surface area contributed by atoms with Crippen molar-refractivity contribution in [2.45, 2.75) is 39.2 Å². The lowest BCUT2D eigenvalue weighted by atomic mass is 10.00. The van der Waals surface area contributed by atoms with Gasteiger partial charge in [-0.15, -0.1) is 0 Å². The summed E-state index contributed by atoms with van der Waals surface area (Å²) < 4.78 is 0. The van der Waals surface area contributed by atoms with Gasteiger partial charge in [-0.1, -0.05) is 17.7 Å². The van der Waals surface area contributed by atoms with E-state index in [9.17, 15) is 4.79 Å². The minimum Gasteiger partial charge on any atom is -0.311 e. The number of aryl methyl sites for hydroxylation is 2. The molecule has 1 atom stereocenters. The van der Waals surface area contributed by atoms with Crippen molar-refractivity contribution >= 4 is 17.4 Å². The highest BCUT2D eigenvalue weighted by atomic mass is 35.5. The van der Waals surface area contributed by atoms with Crippen LogP contribution in [0.4, 0.5) is 0 Å². The van der Waals surface area contributed by atoms with Crippen LogP contribution in [0, 0.1) is 6.92 Å². The first kappa shape index (κ1) is 14.2. The number of likely N-dealkylation sites (N-methyl/N-ethyl adjacent to an activating group) is 1. The number of carbonyl (C=O) groups excluding carboxylic acids is 1. The largest absolute Gasteiger partial charge is 0.311 e. The smallest absolute Gasteiger partial charge is 0.146 e. The Kier molecular flexibility index (Phi) is 5.66. The summed E-state index contributed by atoms with van der Waals surface area (Å²) >= 11 is 5.91. The van der Waals surface area contributed by atoms with Crippen molar-refractivity contribution in [2.24, 2.45) is 0 Å². The molecule has 0 radical (unpaired) electrons. The second-order valence-corrected chi connectivity index (χ2v) is 4.85. The quantitative estimate of drug-likeness (QED) is 0.844. The lowest BCUT2D eigenvalue weighted by Crippen LogP contribution is -2.32. The molecule has 1 aromatic carbocycles. The Balaban J connectivity index is 2.48. The Morgan fingerprint density at radius 3 is 2.71 bits per heavy atom. The second-order valence-electron chi connectivity index (χ2n) is 4.41. The fourth-order valence-electron chi connectivity index (χ4n) is 1.99. The number of benzene rings is 1. The molecule has 0 aromatic heterocycles. The molecule has 0 heterocycles. The maximum Gasteiger partial charge on any atom is 0.146 e. The van der Waals surface area contributed by atoms with Crippen LogP contribution in [0.3, 0.4) is 0 Å². The zero-order chi connectivity index (χ0) is 12.8. The van der Waals surface area contributed by atoms with Crippen LogP contribution >= 0.6 is 11.6 Å². The number of halogens is 1. The molecule has 0 fully saturated rings. The van der Waals surface area contributed by atoms with Crippen LogP contribution in [0.15, 0.2) is 18.2 Å². The SMILES string of the molecule is CNC(CCCc1ccc(Cl)cc1C)C(C)=O. The van der Waals surface area contributed by atoms with Gasteiger partial charge in [-0.25, -0.2) is 0 Å². The van der Waals surface area contributed by atoms with Crippen molar-refractivity contribution < 1.29 is 4.79 Å². The summed E-state index contributed by atoms with van der Waals surface area (Å²) in [5.41, 5.74) is 2.54. The average Bonchev–Trinajstić information content (AvgIpc) is 2.26. The molecule has 94 valence electrons. The summed E-state index contributed by atoms with van der Waals surface area (Å²) in [6, 6.07) is 5.96. The number of rotatable bonds is 6. The highest BCUT2D eigenvalue weighted by molar-refractivity contribution is 6.30. The van der Waals surface area contributed by atoms with E-state index in [1.165, 1.54) is 11.1 Å². The van der Waals surface area contributed by atoms with Crippen LogP contribution in [0.2, 0.25) is 5.02 Å². The van der Waals surface area contributed by atoms with Gasteiger partial charge in [-0.3, -0.25) is 4.79 Å². The van der Waals surface area contributed by atoms with Crippen molar-refractivity contribution in [1.29, 1.82) is 0 Å². The molecule has 2 nitrogen and oxygen atoms in total. The summed E-state index contributed by atoms with van der Waals surface area (Å²) in [4.78, 5) is 11.2. The predicted octanol–water partition coefficient (Wildman–Crippen LogP) is 3.15. The molecule has 0 saturated carbocycles. The molecule has 1 unspecified atom stereocenters. The Labute approximate surface area is 108 Å². The highest BCUT2D eigenvalue weighted by Gasteiger charge is 2.10. The van der Waals surface area contributed by atoms with Crippen molar-refractivity contribution in [1.82, 2.24) is 5.32 Å². The normalized spacial score (nSPS) is 12.5. The van der Waals surface area contributed by atoms with Crippen molar-refractivity contribution in [3.8, 4) is 0 Å². The summed E-state index contributed by atoms with van der Waals surface area (Å²) in [6.07, 6.45) is 2.88. The molecule has 3 heteroatoms. The second kappa shape index (κ2) is 6.77. The Morgan fingerprint density at radius 2 is 2.18 bits per heavy atom. The number of ketones is 1. The van der Waals surface area contributed by atoms with E-state index >= 15 is 0 Å². The number of Topliss-reactive ketones (excluding diaryl/α,β-unsaturated/α-hetero) is 1. The summed E-state index contributed by atoms with van der Waals surface area (Å²) in [6.45, 7) is 3.70. The number of nitrogens with one attached hydrogen (secondary N) is 1. The van der Waals surface area contributed by atoms with E-state index < -0.39 is 0 Å². The molecule has 1 N–H and O–H groups in total. The van der Waals surface area contributed by atoms with Gasteiger partial charge in [0.1, 0.15) is 5.78 Å². The molecule has 0 aliphatic carbocycles. The third-order valence-corrected chi connectivity index (χ3v) is 3.32. The minimum atomic E-state index is -0.0115. The first-order valence-electron chi connectivity index (χ1n) is 5.97. The van der Waals surface area contributed by atoms with Gasteiger partial charge in [0.05, 0.1) is 6.04 Å². The van der Waals surface area contributed by atoms with Crippen molar-refractivity contribution in [3.05, 3.63) is 34.3 Å². The number of hydrogen-bond donors (Lipinski definition) is 1. The standard InChI is InChI=1S/C14H20ClNO/c1-10-9-13(15)8-7-12(10)5-4-6-14(16-3)11(2)17/h7-9,14,16H,4-6H2,1-3H3. The maximum absolute atomic E-state index is 11.2. The Hall–Kier alpha value is -0.860. The van der Waals surface area contributed by atoms with Crippen LogP contribution in [-0.4, -0.2) is 18.9 Å². The third-order valence-electron chi connectivity index (χ3n) is 3.08. The third kappa shape index (κ3) is 4.49. The molecule has 0 aliphatic heterocycles. The van der Waals surface area contributed by atoms with Gasteiger partial charge in [0.2, 0.25) is 0 Å². The van der Waals surface area contributed by atoms with Gasteiger partial charge < -0.3 is 5.32 Å². The molecular weight excluding hydrogens is 234 g/mol. The summed E-state index contributed by atoms with van der Waals surface area (Å²) in [5, 5.41) is 3.82. The Morgan fingerprint density at radius 1 is 1.47 bits per heavy atom. The first-order valence-corrected chi connectivity index (χ1v) is 6.35. The highest BCUT2D eigenvalue weighted by Crippen LogP contribution is 2.17. The van der Waals surface area contributed by atoms with E-state index in [0.717, 1.165) is 24.3 Å². The maximum atomic E-state index is 11.2. The van der Waals surface area contributed by atoms with E-state index in [0.29, 0.717) is 0 Å². The van der Waals surface area contributed by atoms with Crippen LogP contribution in [0.25, 0.3) is 0 Å². The fourth-order valence-corrected chi connectivity index (χ4v) is 2.21. The minimum absolute atomic E-state index is 0.0115. The zero-order valence-electron chi connectivity index (χ0n) is 10.7. The average molecular weight is 254 g/mol. The topological polar surface area (TPSA) is 29.1 Å². The fraction of sp³-hybridized carbons (Fsp3) is 0.500. The first-order chi connectivity index (χ1) is 8.04. The van der Waals surface area contributed by atoms with Crippen LogP contribution < -0.4 is 5.32 Å². The number of carbonyl (C=O) groups is 1. The molecule has 0 aliphatic rings. The molecular formula is C14H20ClNO. The lowest BCUT2D eigenvalue weighted by molar-refractivity contribution is -0.119. The van der Waals surface area contributed by atoms with E-state index in [-0.39, 0.29) is 11.8 Å². The summed E-state index contributed by atoms with van der Waals surface area (Å²) in [7, 11) is 1.83. The van der Waals surface area contributed by atoms with E-state index in [1.54, 1.807) is 6.92 Å².